The summed E-state index contributed by atoms with van der Waals surface area (Å²) in [4.78, 5) is 24.5. The molecule has 1 saturated heterocycles. The molecule has 0 N–H and O–H groups in total. The van der Waals surface area contributed by atoms with Gasteiger partial charge in [0.25, 0.3) is 0 Å². The van der Waals surface area contributed by atoms with E-state index in [9.17, 15) is 9.59 Å². The van der Waals surface area contributed by atoms with E-state index in [-0.39, 0.29) is 18.1 Å². The van der Waals surface area contributed by atoms with Gasteiger partial charge in [0.1, 0.15) is 5.78 Å². The third kappa shape index (κ3) is 2.67. The summed E-state index contributed by atoms with van der Waals surface area (Å²) in [6.45, 7) is 1.48. The molecule has 0 saturated carbocycles. The molecule has 2 aliphatic rings. The van der Waals surface area contributed by atoms with E-state index in [0.29, 0.717) is 18.9 Å². The summed E-state index contributed by atoms with van der Waals surface area (Å²) < 4.78 is 0. The number of carbonyl (C=O) groups excluding carboxylic acids is 2. The van der Waals surface area contributed by atoms with E-state index < -0.39 is 0 Å². The zero-order valence-corrected chi connectivity index (χ0v) is 8.95. The number of likely N-dealkylation sites (tertiary alicyclic amines) is 1. The van der Waals surface area contributed by atoms with Gasteiger partial charge in [-0.1, -0.05) is 12.2 Å². The highest BCUT2D eigenvalue weighted by Crippen LogP contribution is 2.20. The Balaban J connectivity index is 1.86. The van der Waals surface area contributed by atoms with E-state index in [1.54, 1.807) is 0 Å². The highest BCUT2D eigenvalue weighted by atomic mass is 16.2. The monoisotopic (exact) mass is 207 g/mol. The van der Waals surface area contributed by atoms with Crippen molar-refractivity contribution in [2.75, 3.05) is 13.1 Å². The van der Waals surface area contributed by atoms with Crippen LogP contribution in [0.5, 0.6) is 0 Å². The van der Waals surface area contributed by atoms with Crippen LogP contribution >= 0.6 is 0 Å². The third-order valence-corrected chi connectivity index (χ3v) is 3.22. The molecule has 1 heterocycles. The molecule has 0 aromatic heterocycles. The molecule has 1 atom stereocenters. The molecular formula is C12H17NO2. The lowest BCUT2D eigenvalue weighted by Gasteiger charge is -2.30. The Bertz CT molecular complexity index is 296. The third-order valence-electron chi connectivity index (χ3n) is 3.22. The quantitative estimate of drug-likeness (QED) is 0.508. The molecule has 1 aliphatic carbocycles. The Hall–Kier alpha value is -1.12. The standard InChI is InChI=1S/C12H17NO2/c14-11-6-7-13(12(15)8-11)9-10-4-2-1-3-5-10/h1-2,10H,3-9H2. The molecule has 1 aliphatic heterocycles. The molecule has 0 spiro atoms. The van der Waals surface area contributed by atoms with Crippen LogP contribution in [0.25, 0.3) is 0 Å². The second-order valence-electron chi connectivity index (χ2n) is 4.46. The lowest BCUT2D eigenvalue weighted by Crippen LogP contribution is -2.41. The van der Waals surface area contributed by atoms with E-state index in [4.69, 9.17) is 0 Å². The number of ketones is 1. The predicted molar refractivity (Wildman–Crippen MR) is 57.3 cm³/mol. The molecule has 1 amide bonds. The van der Waals surface area contributed by atoms with Gasteiger partial charge in [0, 0.05) is 19.5 Å². The number of hydrogen-bond donors (Lipinski definition) is 0. The zero-order valence-electron chi connectivity index (χ0n) is 8.95. The first-order chi connectivity index (χ1) is 7.25. The van der Waals surface area contributed by atoms with Gasteiger partial charge in [0.15, 0.2) is 0 Å². The van der Waals surface area contributed by atoms with E-state index in [2.05, 4.69) is 12.2 Å². The smallest absolute Gasteiger partial charge is 0.230 e. The van der Waals surface area contributed by atoms with Gasteiger partial charge in [-0.05, 0) is 25.2 Å². The zero-order chi connectivity index (χ0) is 10.7. The summed E-state index contributed by atoms with van der Waals surface area (Å²) in [5.41, 5.74) is 0. The fourth-order valence-corrected chi connectivity index (χ4v) is 2.28. The minimum Gasteiger partial charge on any atom is -0.342 e. The van der Waals surface area contributed by atoms with Crippen molar-refractivity contribution in [1.82, 2.24) is 4.90 Å². The second-order valence-corrected chi connectivity index (χ2v) is 4.46. The molecule has 0 aromatic rings. The maximum atomic E-state index is 11.6. The number of nitrogens with zero attached hydrogens (tertiary/aromatic N) is 1. The average Bonchev–Trinajstić information content (AvgIpc) is 2.24. The summed E-state index contributed by atoms with van der Waals surface area (Å²) in [5, 5.41) is 0. The molecule has 82 valence electrons. The van der Waals surface area contributed by atoms with Crippen LogP contribution in [-0.4, -0.2) is 29.7 Å². The average molecular weight is 207 g/mol. The molecule has 2 rings (SSSR count). The van der Waals surface area contributed by atoms with Gasteiger partial charge in [-0.3, -0.25) is 9.59 Å². The van der Waals surface area contributed by atoms with Crippen LogP contribution in [-0.2, 0) is 9.59 Å². The Labute approximate surface area is 90.1 Å². The Morgan fingerprint density at radius 3 is 2.87 bits per heavy atom. The van der Waals surface area contributed by atoms with Gasteiger partial charge < -0.3 is 4.90 Å². The first-order valence-corrected chi connectivity index (χ1v) is 5.70. The Morgan fingerprint density at radius 2 is 2.20 bits per heavy atom. The van der Waals surface area contributed by atoms with Gasteiger partial charge >= 0.3 is 0 Å². The molecular weight excluding hydrogens is 190 g/mol. The molecule has 0 aromatic carbocycles. The Kier molecular flexibility index (Phi) is 3.19. The van der Waals surface area contributed by atoms with Crippen LogP contribution in [0.4, 0.5) is 0 Å². The lowest BCUT2D eigenvalue weighted by atomic mass is 9.93. The first kappa shape index (κ1) is 10.4. The van der Waals surface area contributed by atoms with Gasteiger partial charge in [-0.2, -0.15) is 0 Å². The SMILES string of the molecule is O=C1CCN(CC2CC=CCC2)C(=O)C1. The van der Waals surface area contributed by atoms with Crippen molar-refractivity contribution in [2.24, 2.45) is 5.92 Å². The number of piperidine rings is 1. The molecule has 3 nitrogen and oxygen atoms in total. The summed E-state index contributed by atoms with van der Waals surface area (Å²) in [7, 11) is 0. The van der Waals surface area contributed by atoms with Gasteiger partial charge in [-0.15, -0.1) is 0 Å². The van der Waals surface area contributed by atoms with Crippen molar-refractivity contribution in [1.29, 1.82) is 0 Å². The number of carbonyl (C=O) groups is 2. The Morgan fingerprint density at radius 1 is 1.33 bits per heavy atom. The maximum absolute atomic E-state index is 11.6. The predicted octanol–water partition coefficient (Wildman–Crippen LogP) is 1.53. The van der Waals surface area contributed by atoms with E-state index in [1.807, 2.05) is 4.90 Å². The molecule has 0 bridgehead atoms. The van der Waals surface area contributed by atoms with Crippen LogP contribution in [0.1, 0.15) is 32.1 Å². The van der Waals surface area contributed by atoms with Crippen LogP contribution in [0.15, 0.2) is 12.2 Å². The highest BCUT2D eigenvalue weighted by molar-refractivity contribution is 6.00. The van der Waals surface area contributed by atoms with Crippen LogP contribution in [0.3, 0.4) is 0 Å². The number of Topliss-reactive ketones (excluding diaryl/α,β-unsaturated/α-hetero) is 1. The molecule has 15 heavy (non-hydrogen) atoms. The molecule has 1 fully saturated rings. The van der Waals surface area contributed by atoms with Crippen molar-refractivity contribution in [3.63, 3.8) is 0 Å². The summed E-state index contributed by atoms with van der Waals surface area (Å²) in [5.74, 6) is 0.729. The minimum absolute atomic E-state index is 0.0285. The van der Waals surface area contributed by atoms with Crippen molar-refractivity contribution < 1.29 is 9.59 Å². The number of rotatable bonds is 2. The lowest BCUT2D eigenvalue weighted by molar-refractivity contribution is -0.139. The van der Waals surface area contributed by atoms with E-state index in [1.165, 1.54) is 6.42 Å². The van der Waals surface area contributed by atoms with Gasteiger partial charge in [0.2, 0.25) is 5.91 Å². The highest BCUT2D eigenvalue weighted by Gasteiger charge is 2.25. The van der Waals surface area contributed by atoms with Crippen LogP contribution in [0.2, 0.25) is 0 Å². The van der Waals surface area contributed by atoms with Gasteiger partial charge in [-0.25, -0.2) is 0 Å². The summed E-state index contributed by atoms with van der Waals surface area (Å²) in [6, 6.07) is 0. The number of hydrogen-bond acceptors (Lipinski definition) is 2. The van der Waals surface area contributed by atoms with E-state index >= 15 is 0 Å². The van der Waals surface area contributed by atoms with Crippen molar-refractivity contribution >= 4 is 11.7 Å². The number of allylic oxidation sites excluding steroid dienone is 2. The van der Waals surface area contributed by atoms with Crippen molar-refractivity contribution in [3.8, 4) is 0 Å². The van der Waals surface area contributed by atoms with Crippen LogP contribution in [0, 0.1) is 5.92 Å². The molecule has 0 radical (unpaired) electrons. The van der Waals surface area contributed by atoms with E-state index in [0.717, 1.165) is 19.4 Å². The molecule has 3 heteroatoms. The normalized spacial score (nSPS) is 27.2. The van der Waals surface area contributed by atoms with Crippen molar-refractivity contribution in [2.45, 2.75) is 32.1 Å². The largest absolute Gasteiger partial charge is 0.342 e. The first-order valence-electron chi connectivity index (χ1n) is 5.70. The van der Waals surface area contributed by atoms with Crippen LogP contribution < -0.4 is 0 Å². The van der Waals surface area contributed by atoms with Crippen molar-refractivity contribution in [3.05, 3.63) is 12.2 Å². The van der Waals surface area contributed by atoms with Gasteiger partial charge in [0.05, 0.1) is 6.42 Å². The minimum atomic E-state index is 0.0285. The topological polar surface area (TPSA) is 37.4 Å². The molecule has 1 unspecified atom stereocenters. The fourth-order valence-electron chi connectivity index (χ4n) is 2.28. The second kappa shape index (κ2) is 4.60. The maximum Gasteiger partial charge on any atom is 0.230 e. The summed E-state index contributed by atoms with van der Waals surface area (Å²) in [6.07, 6.45) is 8.47. The summed E-state index contributed by atoms with van der Waals surface area (Å²) >= 11 is 0. The number of amides is 1. The fraction of sp³-hybridized carbons (Fsp3) is 0.667.